The van der Waals surface area contributed by atoms with Gasteiger partial charge in [0.05, 0.1) is 23.4 Å². The van der Waals surface area contributed by atoms with Crippen LogP contribution in [0.2, 0.25) is 0 Å². The lowest BCUT2D eigenvalue weighted by Crippen LogP contribution is -2.37. The van der Waals surface area contributed by atoms with E-state index >= 15 is 0 Å². The highest BCUT2D eigenvalue weighted by Crippen LogP contribution is 2.25. The van der Waals surface area contributed by atoms with E-state index in [1.165, 1.54) is 0 Å². The smallest absolute Gasteiger partial charge is 0.224 e. The topological polar surface area (TPSA) is 93.4 Å². The van der Waals surface area contributed by atoms with E-state index in [1.807, 2.05) is 32.0 Å². The van der Waals surface area contributed by atoms with E-state index in [2.05, 4.69) is 31.3 Å². The first-order valence-corrected chi connectivity index (χ1v) is 11.3. The van der Waals surface area contributed by atoms with Crippen molar-refractivity contribution in [1.29, 1.82) is 0 Å². The third kappa shape index (κ3) is 3.45. The Kier molecular flexibility index (Phi) is 4.46. The molecule has 4 rings (SSSR count). The summed E-state index contributed by atoms with van der Waals surface area (Å²) < 4.78 is 25.9. The van der Waals surface area contributed by atoms with Crippen molar-refractivity contribution in [2.45, 2.75) is 32.7 Å². The Morgan fingerprint density at radius 3 is 2.85 bits per heavy atom. The van der Waals surface area contributed by atoms with E-state index in [-0.39, 0.29) is 29.9 Å². The summed E-state index contributed by atoms with van der Waals surface area (Å²) in [6.45, 7) is 3.80. The van der Waals surface area contributed by atoms with Crippen LogP contribution in [0.3, 0.4) is 0 Å². The molecule has 1 N–H and O–H groups in total. The molecule has 1 aliphatic rings. The van der Waals surface area contributed by atoms with Crippen LogP contribution in [0.4, 0.5) is 0 Å². The van der Waals surface area contributed by atoms with Crippen molar-refractivity contribution >= 4 is 48.2 Å². The predicted molar refractivity (Wildman–Crippen MR) is 107 cm³/mol. The summed E-state index contributed by atoms with van der Waals surface area (Å²) in [5, 5.41) is 8.41. The molecule has 3 heterocycles. The van der Waals surface area contributed by atoms with Crippen molar-refractivity contribution in [2.75, 3.05) is 11.5 Å². The zero-order valence-electron chi connectivity index (χ0n) is 15.0. The average molecular weight is 451 g/mol. The average Bonchev–Trinajstić information content (AvgIpc) is 3.10. The summed E-state index contributed by atoms with van der Waals surface area (Å²) in [5.41, 5.74) is 4.04. The van der Waals surface area contributed by atoms with Gasteiger partial charge in [0.25, 0.3) is 0 Å². The lowest BCUT2D eigenvalue weighted by atomic mass is 10.1. The van der Waals surface area contributed by atoms with E-state index in [4.69, 9.17) is 0 Å². The molecule has 9 heteroatoms. The molecule has 1 saturated heterocycles. The third-order valence-corrected chi connectivity index (χ3v) is 7.27. The number of sulfone groups is 1. The molecule has 1 atom stereocenters. The number of aromatic nitrogens is 3. The van der Waals surface area contributed by atoms with Crippen LogP contribution in [0.5, 0.6) is 0 Å². The van der Waals surface area contributed by atoms with Crippen molar-refractivity contribution in [2.24, 2.45) is 0 Å². The van der Waals surface area contributed by atoms with Crippen LogP contribution in [0, 0.1) is 13.8 Å². The molecule has 0 aliphatic carbocycles. The minimum Gasteiger partial charge on any atom is -0.352 e. The van der Waals surface area contributed by atoms with Crippen LogP contribution in [-0.2, 0) is 21.1 Å². The minimum absolute atomic E-state index is 0.0212. The number of fused-ring (bicyclic) bond motifs is 3. The molecule has 0 radical (unpaired) electrons. The SMILES string of the molecule is Cc1nc2c3ccc(Br)cc3nn2c(C)c1CC(=O)N[C@@H]1CCS(=O)(=O)C1. The largest absolute Gasteiger partial charge is 0.352 e. The van der Waals surface area contributed by atoms with E-state index in [0.29, 0.717) is 6.42 Å². The van der Waals surface area contributed by atoms with Crippen molar-refractivity contribution in [3.63, 3.8) is 0 Å². The summed E-state index contributed by atoms with van der Waals surface area (Å²) in [4.78, 5) is 17.1. The Morgan fingerprint density at radius 2 is 2.15 bits per heavy atom. The summed E-state index contributed by atoms with van der Waals surface area (Å²) in [7, 11) is -3.02. The second-order valence-corrected chi connectivity index (χ2v) is 10.1. The maximum Gasteiger partial charge on any atom is 0.224 e. The second-order valence-electron chi connectivity index (χ2n) is 7.00. The molecule has 27 heavy (non-hydrogen) atoms. The molecule has 142 valence electrons. The predicted octanol–water partition coefficient (Wildman–Crippen LogP) is 2.11. The quantitative estimate of drug-likeness (QED) is 0.659. The van der Waals surface area contributed by atoms with Gasteiger partial charge in [-0.1, -0.05) is 15.9 Å². The standard InChI is InChI=1S/C18H19BrN4O3S/c1-10-15(8-17(24)21-13-5-6-27(25,26)9-13)11(2)23-18(20-10)14-4-3-12(19)7-16(14)22-23/h3-4,7,13H,5-6,8-9H2,1-2H3,(H,21,24)/t13-/m1/s1. The van der Waals surface area contributed by atoms with Gasteiger partial charge < -0.3 is 5.32 Å². The zero-order valence-corrected chi connectivity index (χ0v) is 17.4. The maximum atomic E-state index is 12.5. The summed E-state index contributed by atoms with van der Waals surface area (Å²) in [6, 6.07) is 5.56. The number of nitrogens with zero attached hydrogens (tertiary/aromatic N) is 3. The monoisotopic (exact) mass is 450 g/mol. The van der Waals surface area contributed by atoms with Crippen LogP contribution in [0.1, 0.15) is 23.4 Å². The molecule has 1 aliphatic heterocycles. The summed E-state index contributed by atoms with van der Waals surface area (Å²) >= 11 is 3.45. The third-order valence-electron chi connectivity index (χ3n) is 5.01. The summed E-state index contributed by atoms with van der Waals surface area (Å²) in [5.74, 6) is -0.0317. The van der Waals surface area contributed by atoms with Crippen molar-refractivity contribution < 1.29 is 13.2 Å². The number of halogens is 1. The van der Waals surface area contributed by atoms with Crippen LogP contribution < -0.4 is 5.32 Å². The zero-order chi connectivity index (χ0) is 19.3. The molecule has 2 aromatic heterocycles. The summed E-state index contributed by atoms with van der Waals surface area (Å²) in [6.07, 6.45) is 0.625. The number of hydrogen-bond donors (Lipinski definition) is 1. The second kappa shape index (κ2) is 6.56. The van der Waals surface area contributed by atoms with E-state index in [0.717, 1.165) is 38.0 Å². The molecule has 0 bridgehead atoms. The molecule has 0 saturated carbocycles. The van der Waals surface area contributed by atoms with Crippen LogP contribution in [-0.4, -0.2) is 46.5 Å². The Morgan fingerprint density at radius 1 is 1.37 bits per heavy atom. The van der Waals surface area contributed by atoms with Gasteiger partial charge in [0.1, 0.15) is 0 Å². The molecule has 0 unspecified atom stereocenters. The Hall–Kier alpha value is -2.00. The van der Waals surface area contributed by atoms with Gasteiger partial charge in [-0.2, -0.15) is 5.10 Å². The Bertz CT molecular complexity index is 1190. The van der Waals surface area contributed by atoms with Crippen LogP contribution in [0.25, 0.3) is 16.6 Å². The molecular formula is C18H19BrN4O3S. The van der Waals surface area contributed by atoms with Gasteiger partial charge in [0, 0.05) is 32.9 Å². The van der Waals surface area contributed by atoms with Gasteiger partial charge in [0.15, 0.2) is 15.5 Å². The molecule has 3 aromatic rings. The van der Waals surface area contributed by atoms with Crippen molar-refractivity contribution in [3.05, 3.63) is 39.6 Å². The number of rotatable bonds is 3. The molecular weight excluding hydrogens is 432 g/mol. The highest BCUT2D eigenvalue weighted by Gasteiger charge is 2.29. The number of nitrogens with one attached hydrogen (secondary N) is 1. The van der Waals surface area contributed by atoms with E-state index in [9.17, 15) is 13.2 Å². The fourth-order valence-electron chi connectivity index (χ4n) is 3.61. The number of hydrogen-bond acceptors (Lipinski definition) is 5. The lowest BCUT2D eigenvalue weighted by molar-refractivity contribution is -0.121. The van der Waals surface area contributed by atoms with Crippen LogP contribution >= 0.6 is 15.9 Å². The first-order chi connectivity index (χ1) is 12.7. The highest BCUT2D eigenvalue weighted by atomic mass is 79.9. The Balaban J connectivity index is 1.65. The molecule has 0 spiro atoms. The number of benzene rings is 1. The van der Waals surface area contributed by atoms with E-state index < -0.39 is 9.84 Å². The number of aryl methyl sites for hydroxylation is 2. The van der Waals surface area contributed by atoms with Crippen molar-refractivity contribution in [1.82, 2.24) is 19.9 Å². The maximum absolute atomic E-state index is 12.5. The number of amides is 1. The van der Waals surface area contributed by atoms with Gasteiger partial charge in [-0.05, 0) is 38.5 Å². The minimum atomic E-state index is -3.02. The van der Waals surface area contributed by atoms with Gasteiger partial charge in [0.2, 0.25) is 5.91 Å². The molecule has 1 aromatic carbocycles. The number of carbonyl (C=O) groups excluding carboxylic acids is 1. The normalized spacial score (nSPS) is 19.0. The Labute approximate surface area is 165 Å². The fourth-order valence-corrected chi connectivity index (χ4v) is 5.63. The first-order valence-electron chi connectivity index (χ1n) is 8.67. The fraction of sp³-hybridized carbons (Fsp3) is 0.389. The highest BCUT2D eigenvalue weighted by molar-refractivity contribution is 9.10. The first kappa shape index (κ1) is 18.4. The van der Waals surface area contributed by atoms with Gasteiger partial charge in [-0.15, -0.1) is 0 Å². The van der Waals surface area contributed by atoms with Gasteiger partial charge in [-0.3, -0.25) is 4.79 Å². The lowest BCUT2D eigenvalue weighted by Gasteiger charge is -2.14. The van der Waals surface area contributed by atoms with Gasteiger partial charge in [-0.25, -0.2) is 17.9 Å². The van der Waals surface area contributed by atoms with Crippen LogP contribution in [0.15, 0.2) is 22.7 Å². The van der Waals surface area contributed by atoms with E-state index in [1.54, 1.807) is 4.52 Å². The van der Waals surface area contributed by atoms with Crippen molar-refractivity contribution in [3.8, 4) is 0 Å². The van der Waals surface area contributed by atoms with Gasteiger partial charge >= 0.3 is 0 Å². The molecule has 7 nitrogen and oxygen atoms in total. The molecule has 1 fully saturated rings. The number of carbonyl (C=O) groups is 1. The molecule has 1 amide bonds.